The summed E-state index contributed by atoms with van der Waals surface area (Å²) in [5, 5.41) is 3.52. The predicted octanol–water partition coefficient (Wildman–Crippen LogP) is 5.15. The second-order valence-electron chi connectivity index (χ2n) is 7.92. The number of hydrogen-bond acceptors (Lipinski definition) is 3. The first-order chi connectivity index (χ1) is 15.1. The van der Waals surface area contributed by atoms with Gasteiger partial charge in [0.05, 0.1) is 18.5 Å². The van der Waals surface area contributed by atoms with Crippen molar-refractivity contribution >= 4 is 33.2 Å². The normalized spacial score (nSPS) is 12.2. The van der Waals surface area contributed by atoms with Gasteiger partial charge in [-0.2, -0.15) is 0 Å². The highest BCUT2D eigenvalue weighted by atomic mass is 35.5. The van der Waals surface area contributed by atoms with Gasteiger partial charge in [0.1, 0.15) is 0 Å². The molecule has 0 bridgehead atoms. The van der Waals surface area contributed by atoms with Gasteiger partial charge in [0.2, 0.25) is 10.0 Å². The number of amides is 1. The lowest BCUT2D eigenvalue weighted by molar-refractivity contribution is 0.0951. The Bertz CT molecular complexity index is 1180. The Morgan fingerprint density at radius 1 is 1.03 bits per heavy atom. The van der Waals surface area contributed by atoms with Crippen LogP contribution in [0.3, 0.4) is 0 Å². The Morgan fingerprint density at radius 2 is 1.69 bits per heavy atom. The average molecular weight is 471 g/mol. The summed E-state index contributed by atoms with van der Waals surface area (Å²) >= 11 is 6.02. The van der Waals surface area contributed by atoms with Crippen LogP contribution < -0.4 is 9.62 Å². The molecule has 0 fully saturated rings. The number of nitrogens with zero attached hydrogens (tertiary/aromatic N) is 1. The number of hydrogen-bond donors (Lipinski definition) is 1. The Morgan fingerprint density at radius 3 is 2.28 bits per heavy atom. The first kappa shape index (κ1) is 23.8. The highest BCUT2D eigenvalue weighted by molar-refractivity contribution is 7.92. The highest BCUT2D eigenvalue weighted by Gasteiger charge is 2.20. The molecule has 5 nitrogen and oxygen atoms in total. The van der Waals surface area contributed by atoms with Crippen LogP contribution >= 0.6 is 11.6 Å². The van der Waals surface area contributed by atoms with E-state index in [0.29, 0.717) is 22.8 Å². The zero-order chi connectivity index (χ0) is 23.3. The molecule has 0 unspecified atom stereocenters. The van der Waals surface area contributed by atoms with Crippen molar-refractivity contribution in [2.75, 3.05) is 17.1 Å². The monoisotopic (exact) mass is 470 g/mol. The van der Waals surface area contributed by atoms with Crippen molar-refractivity contribution in [1.82, 2.24) is 5.32 Å². The fourth-order valence-electron chi connectivity index (χ4n) is 3.45. The van der Waals surface area contributed by atoms with Crippen LogP contribution in [0.1, 0.15) is 39.9 Å². The summed E-state index contributed by atoms with van der Waals surface area (Å²) < 4.78 is 26.2. The number of nitrogens with one attached hydrogen (secondary N) is 1. The molecule has 1 amide bonds. The van der Waals surface area contributed by atoms with Crippen molar-refractivity contribution in [2.24, 2.45) is 0 Å². The van der Waals surface area contributed by atoms with E-state index in [0.717, 1.165) is 11.1 Å². The molecule has 0 heterocycles. The second-order valence-corrected chi connectivity index (χ2v) is 10.3. The van der Waals surface area contributed by atoms with E-state index in [-0.39, 0.29) is 18.4 Å². The molecule has 7 heteroatoms. The molecule has 3 aromatic rings. The number of carbonyl (C=O) groups is 1. The summed E-state index contributed by atoms with van der Waals surface area (Å²) in [4.78, 5) is 12.5. The molecule has 0 spiro atoms. The minimum absolute atomic E-state index is 0.159. The molecule has 1 atom stereocenters. The Labute approximate surface area is 195 Å². The number of aryl methyl sites for hydroxylation is 1. The second kappa shape index (κ2) is 10.2. The molecule has 0 radical (unpaired) electrons. The molecule has 0 aliphatic heterocycles. The third kappa shape index (κ3) is 6.11. The molecular formula is C25H27ClN2O3S. The lowest BCUT2D eigenvalue weighted by Crippen LogP contribution is -2.30. The van der Waals surface area contributed by atoms with E-state index >= 15 is 0 Å². The molecule has 0 saturated carbocycles. The fraction of sp³-hybridized carbons (Fsp3) is 0.240. The maximum absolute atomic E-state index is 12.5. The van der Waals surface area contributed by atoms with Crippen LogP contribution in [0.5, 0.6) is 0 Å². The molecule has 3 rings (SSSR count). The lowest BCUT2D eigenvalue weighted by Gasteiger charge is -2.24. The predicted molar refractivity (Wildman–Crippen MR) is 131 cm³/mol. The summed E-state index contributed by atoms with van der Waals surface area (Å²) in [5.41, 5.74) is 3.82. The van der Waals surface area contributed by atoms with Crippen molar-refractivity contribution in [3.8, 4) is 0 Å². The van der Waals surface area contributed by atoms with E-state index < -0.39 is 10.0 Å². The molecule has 3 aromatic carbocycles. The highest BCUT2D eigenvalue weighted by Crippen LogP contribution is 2.27. The molecule has 32 heavy (non-hydrogen) atoms. The SMILES string of the molecule is Cc1cc(Cl)ccc1N(Cc1ccc(C(=O)NC[C@@H](C)c2ccccc2)cc1)S(C)(=O)=O. The van der Waals surface area contributed by atoms with Gasteiger partial charge in [0.15, 0.2) is 0 Å². The number of halogens is 1. The van der Waals surface area contributed by atoms with Crippen LogP contribution in [-0.2, 0) is 16.6 Å². The largest absolute Gasteiger partial charge is 0.351 e. The summed E-state index contributed by atoms with van der Waals surface area (Å²) in [5.74, 6) is 0.0400. The zero-order valence-electron chi connectivity index (χ0n) is 18.4. The van der Waals surface area contributed by atoms with Crippen LogP contribution in [0.2, 0.25) is 5.02 Å². The smallest absolute Gasteiger partial charge is 0.251 e. The molecule has 168 valence electrons. The topological polar surface area (TPSA) is 66.5 Å². The Hall–Kier alpha value is -2.83. The fourth-order valence-corrected chi connectivity index (χ4v) is 4.63. The van der Waals surface area contributed by atoms with Crippen molar-refractivity contribution < 1.29 is 13.2 Å². The van der Waals surface area contributed by atoms with Crippen LogP contribution in [0.15, 0.2) is 72.8 Å². The summed E-state index contributed by atoms with van der Waals surface area (Å²) in [7, 11) is -3.51. The van der Waals surface area contributed by atoms with Gasteiger partial charge >= 0.3 is 0 Å². The van der Waals surface area contributed by atoms with Gasteiger partial charge in [-0.1, -0.05) is 61.0 Å². The first-order valence-corrected chi connectivity index (χ1v) is 12.5. The van der Waals surface area contributed by atoms with E-state index in [1.54, 1.807) is 42.5 Å². The Balaban J connectivity index is 1.69. The Kier molecular flexibility index (Phi) is 7.59. The minimum atomic E-state index is -3.51. The number of rotatable bonds is 8. The molecule has 1 N–H and O–H groups in total. The van der Waals surface area contributed by atoms with Crippen LogP contribution in [0.4, 0.5) is 5.69 Å². The van der Waals surface area contributed by atoms with Crippen LogP contribution in [-0.4, -0.2) is 27.1 Å². The standard InChI is InChI=1S/C25H27ClN2O3S/c1-18-15-23(26)13-14-24(18)28(32(3,30)31)17-20-9-11-22(12-10-20)25(29)27-16-19(2)21-7-5-4-6-8-21/h4-15,19H,16-17H2,1-3H3,(H,27,29)/t19-/m1/s1. The van der Waals surface area contributed by atoms with Crippen LogP contribution in [0.25, 0.3) is 0 Å². The van der Waals surface area contributed by atoms with E-state index in [2.05, 4.69) is 12.2 Å². The van der Waals surface area contributed by atoms with E-state index in [1.807, 2.05) is 37.3 Å². The molecular weight excluding hydrogens is 444 g/mol. The van der Waals surface area contributed by atoms with E-state index in [1.165, 1.54) is 16.1 Å². The van der Waals surface area contributed by atoms with Crippen molar-refractivity contribution in [2.45, 2.75) is 26.3 Å². The van der Waals surface area contributed by atoms with Gasteiger partial charge in [0, 0.05) is 17.1 Å². The van der Waals surface area contributed by atoms with Crippen molar-refractivity contribution in [1.29, 1.82) is 0 Å². The van der Waals surface area contributed by atoms with Gasteiger partial charge in [-0.05, 0) is 59.9 Å². The van der Waals surface area contributed by atoms with Gasteiger partial charge < -0.3 is 5.32 Å². The number of carbonyl (C=O) groups excluding carboxylic acids is 1. The third-order valence-electron chi connectivity index (χ3n) is 5.31. The number of anilines is 1. The maximum Gasteiger partial charge on any atom is 0.251 e. The van der Waals surface area contributed by atoms with E-state index in [9.17, 15) is 13.2 Å². The van der Waals surface area contributed by atoms with Crippen molar-refractivity contribution in [3.05, 3.63) is 100 Å². The van der Waals surface area contributed by atoms with Gasteiger partial charge in [-0.15, -0.1) is 0 Å². The quantitative estimate of drug-likeness (QED) is 0.495. The molecule has 0 aliphatic carbocycles. The number of benzene rings is 3. The van der Waals surface area contributed by atoms with Gasteiger partial charge in [0.25, 0.3) is 5.91 Å². The molecule has 0 aliphatic rings. The first-order valence-electron chi connectivity index (χ1n) is 10.3. The van der Waals surface area contributed by atoms with Crippen LogP contribution in [0, 0.1) is 6.92 Å². The maximum atomic E-state index is 12.5. The summed E-state index contributed by atoms with van der Waals surface area (Å²) in [6.07, 6.45) is 1.18. The number of sulfonamides is 1. The molecule has 0 aromatic heterocycles. The average Bonchev–Trinajstić information content (AvgIpc) is 2.76. The van der Waals surface area contributed by atoms with E-state index in [4.69, 9.17) is 11.6 Å². The summed E-state index contributed by atoms with van der Waals surface area (Å²) in [6, 6.07) is 22.1. The van der Waals surface area contributed by atoms with Gasteiger partial charge in [-0.25, -0.2) is 8.42 Å². The minimum Gasteiger partial charge on any atom is -0.351 e. The van der Waals surface area contributed by atoms with Crippen molar-refractivity contribution in [3.63, 3.8) is 0 Å². The summed E-state index contributed by atoms with van der Waals surface area (Å²) in [6.45, 7) is 4.58. The third-order valence-corrected chi connectivity index (χ3v) is 6.67. The zero-order valence-corrected chi connectivity index (χ0v) is 20.0. The lowest BCUT2D eigenvalue weighted by atomic mass is 10.0. The molecule has 0 saturated heterocycles. The van der Waals surface area contributed by atoms with Gasteiger partial charge in [-0.3, -0.25) is 9.10 Å².